The third-order valence-corrected chi connectivity index (χ3v) is 8.33. The molecule has 0 aliphatic rings. The van der Waals surface area contributed by atoms with Gasteiger partial charge in [0.05, 0.1) is 17.0 Å². The maximum Gasteiger partial charge on any atom is 0.243 e. The fourth-order valence-electron chi connectivity index (χ4n) is 3.67. The number of anilines is 1. The molecule has 192 valence electrons. The van der Waals surface area contributed by atoms with Crippen LogP contribution in [0.5, 0.6) is 0 Å². The summed E-state index contributed by atoms with van der Waals surface area (Å²) in [5.41, 5.74) is 2.37. The molecular formula is C26H23BrCl2N4O3S. The normalized spacial score (nSPS) is 11.6. The van der Waals surface area contributed by atoms with Gasteiger partial charge in [-0.3, -0.25) is 9.78 Å². The lowest BCUT2D eigenvalue weighted by atomic mass is 10.2. The fraction of sp³-hybridized carbons (Fsp3) is 0.154. The highest BCUT2D eigenvalue weighted by molar-refractivity contribution is 9.10. The van der Waals surface area contributed by atoms with Crippen LogP contribution >= 0.6 is 39.1 Å². The van der Waals surface area contributed by atoms with E-state index in [2.05, 4.69) is 31.5 Å². The lowest BCUT2D eigenvalue weighted by Crippen LogP contribution is -2.41. The number of hydrogen-bond acceptors (Lipinski definition) is 5. The zero-order valence-electron chi connectivity index (χ0n) is 19.5. The molecule has 4 aromatic rings. The lowest BCUT2D eigenvalue weighted by Gasteiger charge is -2.22. The number of aromatic nitrogens is 1. The number of nitrogens with one attached hydrogen (secondary N) is 2. The molecule has 1 amide bonds. The molecule has 1 heterocycles. The number of pyridine rings is 1. The van der Waals surface area contributed by atoms with E-state index in [1.807, 2.05) is 36.4 Å². The highest BCUT2D eigenvalue weighted by Gasteiger charge is 2.27. The lowest BCUT2D eigenvalue weighted by molar-refractivity contribution is -0.121. The van der Waals surface area contributed by atoms with Crippen molar-refractivity contribution in [3.63, 3.8) is 0 Å². The van der Waals surface area contributed by atoms with Gasteiger partial charge in [0.2, 0.25) is 15.9 Å². The number of hydrogen-bond donors (Lipinski definition) is 2. The van der Waals surface area contributed by atoms with Crippen molar-refractivity contribution < 1.29 is 13.2 Å². The Morgan fingerprint density at radius 1 is 0.919 bits per heavy atom. The first-order valence-corrected chi connectivity index (χ1v) is 14.3. The number of halogens is 3. The summed E-state index contributed by atoms with van der Waals surface area (Å²) in [6, 6.07) is 20.4. The molecule has 0 bridgehead atoms. The number of fused-ring (bicyclic) bond motifs is 1. The van der Waals surface area contributed by atoms with Gasteiger partial charge in [0.15, 0.2) is 0 Å². The van der Waals surface area contributed by atoms with Gasteiger partial charge in [-0.25, -0.2) is 8.42 Å². The zero-order valence-corrected chi connectivity index (χ0v) is 23.4. The van der Waals surface area contributed by atoms with Crippen LogP contribution in [-0.4, -0.2) is 43.2 Å². The van der Waals surface area contributed by atoms with Gasteiger partial charge >= 0.3 is 0 Å². The predicted molar refractivity (Wildman–Crippen MR) is 151 cm³/mol. The highest BCUT2D eigenvalue weighted by atomic mass is 79.9. The molecule has 0 aliphatic heterocycles. The second kappa shape index (κ2) is 12.2. The van der Waals surface area contributed by atoms with Crippen LogP contribution in [-0.2, 0) is 21.4 Å². The maximum atomic E-state index is 13.4. The van der Waals surface area contributed by atoms with E-state index in [0.717, 1.165) is 30.9 Å². The summed E-state index contributed by atoms with van der Waals surface area (Å²) in [4.78, 5) is 17.2. The first-order valence-electron chi connectivity index (χ1n) is 11.3. The molecule has 2 N–H and O–H groups in total. The average Bonchev–Trinajstić information content (AvgIpc) is 2.87. The Hall–Kier alpha value is -2.69. The van der Waals surface area contributed by atoms with Crippen LogP contribution in [0.15, 0.2) is 88.4 Å². The van der Waals surface area contributed by atoms with Crippen molar-refractivity contribution in [3.05, 3.63) is 99.1 Å². The summed E-state index contributed by atoms with van der Waals surface area (Å²) >= 11 is 15.4. The quantitative estimate of drug-likeness (QED) is 0.221. The van der Waals surface area contributed by atoms with Crippen LogP contribution < -0.4 is 10.6 Å². The van der Waals surface area contributed by atoms with Crippen LogP contribution in [0.1, 0.15) is 5.56 Å². The molecule has 0 aliphatic carbocycles. The molecule has 11 heteroatoms. The van der Waals surface area contributed by atoms with Gasteiger partial charge in [0, 0.05) is 51.4 Å². The smallest absolute Gasteiger partial charge is 0.243 e. The van der Waals surface area contributed by atoms with E-state index in [9.17, 15) is 13.2 Å². The van der Waals surface area contributed by atoms with Gasteiger partial charge in [-0.2, -0.15) is 4.31 Å². The minimum absolute atomic E-state index is 0.0372. The molecule has 0 unspecified atom stereocenters. The molecule has 4 rings (SSSR count). The van der Waals surface area contributed by atoms with Crippen LogP contribution in [0.2, 0.25) is 10.0 Å². The number of sulfonamides is 1. The maximum absolute atomic E-state index is 13.4. The highest BCUT2D eigenvalue weighted by Crippen LogP contribution is 2.24. The fourth-order valence-corrected chi connectivity index (χ4v) is 5.61. The van der Waals surface area contributed by atoms with E-state index in [1.54, 1.807) is 18.3 Å². The number of nitrogens with zero attached hydrogens (tertiary/aromatic N) is 2. The number of benzene rings is 3. The summed E-state index contributed by atoms with van der Waals surface area (Å²) in [6.07, 6.45) is 1.68. The van der Waals surface area contributed by atoms with Crippen molar-refractivity contribution in [2.45, 2.75) is 11.4 Å². The van der Waals surface area contributed by atoms with Crippen molar-refractivity contribution in [1.82, 2.24) is 14.6 Å². The Kier molecular flexibility index (Phi) is 9.04. The SMILES string of the molecule is O=C(CN(Cc1ccc(Br)cc1)S(=O)(=O)c1ccc(Cl)cc1)NCCNc1ccnc2cc(Cl)ccc12. The summed E-state index contributed by atoms with van der Waals surface area (Å²) in [5.74, 6) is -0.414. The molecule has 7 nitrogen and oxygen atoms in total. The van der Waals surface area contributed by atoms with Crippen molar-refractivity contribution in [2.75, 3.05) is 25.0 Å². The molecule has 37 heavy (non-hydrogen) atoms. The standard InChI is InChI=1S/C26H23BrCl2N4O3S/c27-19-3-1-18(2-4-19)16-33(37(35,36)22-8-5-20(28)6-9-22)17-26(34)32-14-13-31-24-11-12-30-25-15-21(29)7-10-23(24)25/h1-12,15H,13-14,16-17H2,(H,30,31)(H,32,34). The average molecular weight is 622 g/mol. The van der Waals surface area contributed by atoms with Crippen molar-refractivity contribution >= 4 is 71.7 Å². The first kappa shape index (κ1) is 27.3. The van der Waals surface area contributed by atoms with Gasteiger partial charge in [0.1, 0.15) is 0 Å². The Labute approximate surface area is 234 Å². The van der Waals surface area contributed by atoms with Gasteiger partial charge in [-0.15, -0.1) is 0 Å². The van der Waals surface area contributed by atoms with Gasteiger partial charge in [0.25, 0.3) is 0 Å². The molecule has 3 aromatic carbocycles. The van der Waals surface area contributed by atoms with E-state index < -0.39 is 15.9 Å². The molecule has 0 fully saturated rings. The summed E-state index contributed by atoms with van der Waals surface area (Å²) in [5, 5.41) is 8.01. The molecule has 0 atom stereocenters. The zero-order chi connectivity index (χ0) is 26.4. The Morgan fingerprint density at radius 3 is 2.35 bits per heavy atom. The van der Waals surface area contributed by atoms with Gasteiger partial charge < -0.3 is 10.6 Å². The van der Waals surface area contributed by atoms with E-state index in [-0.39, 0.29) is 18.0 Å². The van der Waals surface area contributed by atoms with E-state index in [1.165, 1.54) is 24.3 Å². The van der Waals surface area contributed by atoms with Crippen LogP contribution in [0, 0.1) is 0 Å². The number of carbonyl (C=O) groups excluding carboxylic acids is 1. The Morgan fingerprint density at radius 2 is 1.62 bits per heavy atom. The summed E-state index contributed by atoms with van der Waals surface area (Å²) in [7, 11) is -3.95. The second-order valence-electron chi connectivity index (χ2n) is 8.15. The number of carbonyl (C=O) groups is 1. The third-order valence-electron chi connectivity index (χ3n) is 5.51. The van der Waals surface area contributed by atoms with E-state index >= 15 is 0 Å². The largest absolute Gasteiger partial charge is 0.383 e. The Bertz CT molecular complexity index is 1500. The minimum atomic E-state index is -3.95. The van der Waals surface area contributed by atoms with E-state index in [0.29, 0.717) is 23.1 Å². The second-order valence-corrected chi connectivity index (χ2v) is 11.9. The molecule has 0 saturated carbocycles. The number of rotatable bonds is 10. The van der Waals surface area contributed by atoms with E-state index in [4.69, 9.17) is 23.2 Å². The predicted octanol–water partition coefficient (Wildman–Crippen LogP) is 5.72. The van der Waals surface area contributed by atoms with Crippen molar-refractivity contribution in [3.8, 4) is 0 Å². The third kappa shape index (κ3) is 7.21. The summed E-state index contributed by atoms with van der Waals surface area (Å²) in [6.45, 7) is 0.431. The summed E-state index contributed by atoms with van der Waals surface area (Å²) < 4.78 is 28.8. The first-order chi connectivity index (χ1) is 17.7. The molecule has 1 aromatic heterocycles. The molecule has 0 saturated heterocycles. The van der Waals surface area contributed by atoms with Gasteiger partial charge in [-0.05, 0) is 66.2 Å². The monoisotopic (exact) mass is 620 g/mol. The van der Waals surface area contributed by atoms with Crippen molar-refractivity contribution in [1.29, 1.82) is 0 Å². The molecule has 0 spiro atoms. The van der Waals surface area contributed by atoms with Crippen LogP contribution in [0.4, 0.5) is 5.69 Å². The van der Waals surface area contributed by atoms with Crippen LogP contribution in [0.25, 0.3) is 10.9 Å². The number of amides is 1. The molecular weight excluding hydrogens is 599 g/mol. The minimum Gasteiger partial charge on any atom is -0.383 e. The topological polar surface area (TPSA) is 91.4 Å². The van der Waals surface area contributed by atoms with Crippen LogP contribution in [0.3, 0.4) is 0 Å². The van der Waals surface area contributed by atoms with Crippen molar-refractivity contribution in [2.24, 2.45) is 0 Å². The van der Waals surface area contributed by atoms with Gasteiger partial charge in [-0.1, -0.05) is 51.3 Å². The molecule has 0 radical (unpaired) electrons. The Balaban J connectivity index is 1.41.